The second-order valence-corrected chi connectivity index (χ2v) is 6.41. The van der Waals surface area contributed by atoms with Crippen LogP contribution in [0.1, 0.15) is 36.8 Å². The zero-order chi connectivity index (χ0) is 13.2. The van der Waals surface area contributed by atoms with Crippen LogP contribution >= 0.6 is 11.6 Å². The molecule has 0 saturated heterocycles. The molecule has 0 radical (unpaired) electrons. The number of hydrogen-bond acceptors (Lipinski definition) is 2. The standard InChI is InChI=1S/C16H19ClN2/c17-16-7-14(8-18)5-6-15(16)11-19(9-12-1-2-12)10-13-3-4-13/h5-7,12-13H,1-4,9-11H2. The van der Waals surface area contributed by atoms with Gasteiger partial charge in [0.1, 0.15) is 0 Å². The summed E-state index contributed by atoms with van der Waals surface area (Å²) in [7, 11) is 0. The number of nitrogens with zero attached hydrogens (tertiary/aromatic N) is 2. The van der Waals surface area contributed by atoms with E-state index in [-0.39, 0.29) is 0 Å². The van der Waals surface area contributed by atoms with Gasteiger partial charge in [0.25, 0.3) is 0 Å². The van der Waals surface area contributed by atoms with Gasteiger partial charge in [-0.3, -0.25) is 4.90 Å². The molecule has 0 N–H and O–H groups in total. The van der Waals surface area contributed by atoms with E-state index in [9.17, 15) is 0 Å². The Balaban J connectivity index is 1.67. The van der Waals surface area contributed by atoms with Gasteiger partial charge in [0, 0.05) is 24.7 Å². The third kappa shape index (κ3) is 3.72. The Labute approximate surface area is 120 Å². The highest BCUT2D eigenvalue weighted by Crippen LogP contribution is 2.34. The predicted octanol–water partition coefficient (Wildman–Crippen LogP) is 3.83. The van der Waals surface area contributed by atoms with Crippen LogP contribution in [0.15, 0.2) is 18.2 Å². The lowest BCUT2D eigenvalue weighted by atomic mass is 10.1. The van der Waals surface area contributed by atoms with Crippen molar-refractivity contribution in [2.45, 2.75) is 32.2 Å². The van der Waals surface area contributed by atoms with Gasteiger partial charge < -0.3 is 0 Å². The third-order valence-corrected chi connectivity index (χ3v) is 4.35. The van der Waals surface area contributed by atoms with Crippen LogP contribution in [0.4, 0.5) is 0 Å². The maximum atomic E-state index is 8.87. The van der Waals surface area contributed by atoms with E-state index in [1.807, 2.05) is 12.1 Å². The second-order valence-electron chi connectivity index (χ2n) is 6.00. The van der Waals surface area contributed by atoms with Crippen molar-refractivity contribution in [1.29, 1.82) is 5.26 Å². The van der Waals surface area contributed by atoms with E-state index in [0.717, 1.165) is 29.0 Å². The van der Waals surface area contributed by atoms with Crippen LogP contribution in [0.3, 0.4) is 0 Å². The minimum Gasteiger partial charge on any atom is -0.298 e. The summed E-state index contributed by atoms with van der Waals surface area (Å²) in [5.74, 6) is 1.83. The Kier molecular flexibility index (Phi) is 3.77. The van der Waals surface area contributed by atoms with Gasteiger partial charge in [-0.15, -0.1) is 0 Å². The first-order valence-electron chi connectivity index (χ1n) is 7.15. The maximum Gasteiger partial charge on any atom is 0.0992 e. The first-order valence-corrected chi connectivity index (χ1v) is 7.53. The highest BCUT2D eigenvalue weighted by Gasteiger charge is 2.29. The van der Waals surface area contributed by atoms with Crippen molar-refractivity contribution in [3.8, 4) is 6.07 Å². The van der Waals surface area contributed by atoms with Crippen molar-refractivity contribution in [3.63, 3.8) is 0 Å². The summed E-state index contributed by atoms with van der Waals surface area (Å²) in [5, 5.41) is 9.60. The summed E-state index contributed by atoms with van der Waals surface area (Å²) < 4.78 is 0. The quantitative estimate of drug-likeness (QED) is 0.788. The lowest BCUT2D eigenvalue weighted by Gasteiger charge is -2.22. The van der Waals surface area contributed by atoms with Crippen LogP contribution in [-0.2, 0) is 6.54 Å². The van der Waals surface area contributed by atoms with E-state index in [1.165, 1.54) is 38.8 Å². The largest absolute Gasteiger partial charge is 0.298 e. The average molecular weight is 275 g/mol. The summed E-state index contributed by atoms with van der Waals surface area (Å²) in [6, 6.07) is 7.79. The van der Waals surface area contributed by atoms with E-state index in [0.29, 0.717) is 5.56 Å². The fraction of sp³-hybridized carbons (Fsp3) is 0.562. The number of hydrogen-bond donors (Lipinski definition) is 0. The average Bonchev–Trinajstić information content (AvgIpc) is 3.27. The van der Waals surface area contributed by atoms with E-state index >= 15 is 0 Å². The number of benzene rings is 1. The molecule has 0 heterocycles. The maximum absolute atomic E-state index is 8.87. The van der Waals surface area contributed by atoms with Gasteiger partial charge in [0.2, 0.25) is 0 Å². The van der Waals surface area contributed by atoms with Crippen molar-refractivity contribution < 1.29 is 0 Å². The predicted molar refractivity (Wildman–Crippen MR) is 76.9 cm³/mol. The van der Waals surface area contributed by atoms with E-state index in [4.69, 9.17) is 16.9 Å². The molecule has 0 aliphatic heterocycles. The summed E-state index contributed by atoms with van der Waals surface area (Å²) in [6.45, 7) is 3.36. The van der Waals surface area contributed by atoms with Crippen molar-refractivity contribution in [3.05, 3.63) is 34.3 Å². The molecular weight excluding hydrogens is 256 g/mol. The molecule has 0 aromatic heterocycles. The molecule has 3 rings (SSSR count). The van der Waals surface area contributed by atoms with Crippen molar-refractivity contribution in [2.24, 2.45) is 11.8 Å². The van der Waals surface area contributed by atoms with Gasteiger partial charge in [-0.2, -0.15) is 5.26 Å². The monoisotopic (exact) mass is 274 g/mol. The molecule has 0 atom stereocenters. The summed E-state index contributed by atoms with van der Waals surface area (Å²) >= 11 is 6.28. The minimum atomic E-state index is 0.643. The molecule has 19 heavy (non-hydrogen) atoms. The molecule has 0 amide bonds. The summed E-state index contributed by atoms with van der Waals surface area (Å²) in [4.78, 5) is 2.56. The Morgan fingerprint density at radius 1 is 1.16 bits per heavy atom. The Bertz CT molecular complexity index is 484. The van der Waals surface area contributed by atoms with Crippen LogP contribution in [0, 0.1) is 23.2 Å². The van der Waals surface area contributed by atoms with E-state index in [1.54, 1.807) is 6.07 Å². The van der Waals surface area contributed by atoms with E-state index in [2.05, 4.69) is 11.0 Å². The molecule has 2 saturated carbocycles. The number of halogens is 1. The van der Waals surface area contributed by atoms with Crippen molar-refractivity contribution in [1.82, 2.24) is 4.90 Å². The molecule has 1 aromatic carbocycles. The molecule has 3 heteroatoms. The van der Waals surface area contributed by atoms with Gasteiger partial charge in [-0.1, -0.05) is 17.7 Å². The fourth-order valence-corrected chi connectivity index (χ4v) is 2.76. The highest BCUT2D eigenvalue weighted by atomic mass is 35.5. The van der Waals surface area contributed by atoms with Gasteiger partial charge >= 0.3 is 0 Å². The summed E-state index contributed by atoms with van der Waals surface area (Å²) in [6.07, 6.45) is 5.56. The van der Waals surface area contributed by atoms with Gasteiger partial charge in [-0.25, -0.2) is 0 Å². The Hall–Kier alpha value is -1.04. The lowest BCUT2D eigenvalue weighted by Crippen LogP contribution is -2.28. The lowest BCUT2D eigenvalue weighted by molar-refractivity contribution is 0.244. The molecular formula is C16H19ClN2. The zero-order valence-corrected chi connectivity index (χ0v) is 11.9. The zero-order valence-electron chi connectivity index (χ0n) is 11.1. The SMILES string of the molecule is N#Cc1ccc(CN(CC2CC2)CC2CC2)c(Cl)c1. The molecule has 100 valence electrons. The van der Waals surface area contributed by atoms with E-state index < -0.39 is 0 Å². The topological polar surface area (TPSA) is 27.0 Å². The van der Waals surface area contributed by atoms with Gasteiger partial charge in [0.15, 0.2) is 0 Å². The molecule has 2 nitrogen and oxygen atoms in total. The smallest absolute Gasteiger partial charge is 0.0992 e. The van der Waals surface area contributed by atoms with Crippen molar-refractivity contribution >= 4 is 11.6 Å². The molecule has 0 bridgehead atoms. The fourth-order valence-electron chi connectivity index (χ4n) is 2.52. The molecule has 0 spiro atoms. The Morgan fingerprint density at radius 3 is 2.26 bits per heavy atom. The number of rotatable bonds is 6. The van der Waals surface area contributed by atoms with Crippen LogP contribution in [0.2, 0.25) is 5.02 Å². The van der Waals surface area contributed by atoms with Crippen molar-refractivity contribution in [2.75, 3.05) is 13.1 Å². The molecule has 1 aromatic rings. The van der Waals surface area contributed by atoms with Crippen LogP contribution in [-0.4, -0.2) is 18.0 Å². The Morgan fingerprint density at radius 2 is 1.79 bits per heavy atom. The molecule has 0 unspecified atom stereocenters. The van der Waals surface area contributed by atoms with Gasteiger partial charge in [0.05, 0.1) is 11.6 Å². The second kappa shape index (κ2) is 5.53. The van der Waals surface area contributed by atoms with Crippen LogP contribution in [0.5, 0.6) is 0 Å². The summed E-state index contributed by atoms with van der Waals surface area (Å²) in [5.41, 5.74) is 1.80. The minimum absolute atomic E-state index is 0.643. The molecule has 2 aliphatic carbocycles. The third-order valence-electron chi connectivity index (χ3n) is 4.00. The van der Waals surface area contributed by atoms with Crippen LogP contribution < -0.4 is 0 Å². The van der Waals surface area contributed by atoms with Crippen LogP contribution in [0.25, 0.3) is 0 Å². The highest BCUT2D eigenvalue weighted by molar-refractivity contribution is 6.31. The molecule has 2 fully saturated rings. The first-order chi connectivity index (χ1) is 9.24. The normalized spacial score (nSPS) is 18.6. The van der Waals surface area contributed by atoms with Gasteiger partial charge in [-0.05, 0) is 55.2 Å². The first kappa shape index (κ1) is 13.0. The molecule has 2 aliphatic rings. The number of nitriles is 1.